The van der Waals surface area contributed by atoms with Crippen molar-refractivity contribution in [2.45, 2.75) is 32.0 Å². The molecule has 0 saturated carbocycles. The fourth-order valence-electron chi connectivity index (χ4n) is 2.47. The molecule has 7 nitrogen and oxygen atoms in total. The molecule has 3 rings (SSSR count). The summed E-state index contributed by atoms with van der Waals surface area (Å²) >= 11 is 1.29. The Morgan fingerprint density at radius 1 is 1.28 bits per heavy atom. The summed E-state index contributed by atoms with van der Waals surface area (Å²) in [5.41, 5.74) is 2.54. The molecule has 0 fully saturated rings. The molecule has 0 spiro atoms. The molecule has 0 aliphatic carbocycles. The summed E-state index contributed by atoms with van der Waals surface area (Å²) in [5, 5.41) is 3.48. The standard InChI is InChI=1S/C17H19N5O2S/c1-3-11-5-7-12(8-6-11)20-13(23)9-25-17-21-14-15(22(17)4-2)18-10-19-16(14)24/h5-8,10H,3-4,9H2,1-2H3,(H,20,23)(H,18,19,24). The van der Waals surface area contributed by atoms with Gasteiger partial charge in [0.1, 0.15) is 0 Å². The van der Waals surface area contributed by atoms with Gasteiger partial charge in [-0.3, -0.25) is 9.59 Å². The average molecular weight is 357 g/mol. The van der Waals surface area contributed by atoms with E-state index in [4.69, 9.17) is 0 Å². The monoisotopic (exact) mass is 357 g/mol. The first-order chi connectivity index (χ1) is 12.1. The zero-order valence-electron chi connectivity index (χ0n) is 14.1. The zero-order chi connectivity index (χ0) is 17.8. The Morgan fingerprint density at radius 3 is 2.72 bits per heavy atom. The summed E-state index contributed by atoms with van der Waals surface area (Å²) in [6, 6.07) is 7.78. The van der Waals surface area contributed by atoms with Crippen molar-refractivity contribution < 1.29 is 4.79 Å². The van der Waals surface area contributed by atoms with Crippen molar-refractivity contribution in [3.05, 3.63) is 46.5 Å². The number of H-pyrrole nitrogens is 1. The van der Waals surface area contributed by atoms with Crippen LogP contribution in [0.15, 0.2) is 40.5 Å². The van der Waals surface area contributed by atoms with E-state index >= 15 is 0 Å². The SMILES string of the molecule is CCc1ccc(NC(=O)CSc2nc3c(=O)[nH]cnc3n2CC)cc1. The van der Waals surface area contributed by atoms with Gasteiger partial charge in [-0.1, -0.05) is 30.8 Å². The molecule has 1 aromatic carbocycles. The number of rotatable bonds is 6. The van der Waals surface area contributed by atoms with Gasteiger partial charge in [-0.15, -0.1) is 0 Å². The van der Waals surface area contributed by atoms with Crippen LogP contribution in [-0.4, -0.2) is 31.2 Å². The number of aromatic amines is 1. The number of thioether (sulfide) groups is 1. The number of anilines is 1. The molecule has 0 aliphatic heterocycles. The molecule has 0 bridgehead atoms. The first-order valence-electron chi connectivity index (χ1n) is 8.07. The number of amides is 1. The Hall–Kier alpha value is -2.61. The van der Waals surface area contributed by atoms with Crippen LogP contribution >= 0.6 is 11.8 Å². The van der Waals surface area contributed by atoms with Gasteiger partial charge in [0.05, 0.1) is 12.1 Å². The van der Waals surface area contributed by atoms with E-state index in [0.717, 1.165) is 12.1 Å². The Kier molecular flexibility index (Phi) is 5.18. The fraction of sp³-hybridized carbons (Fsp3) is 0.294. The van der Waals surface area contributed by atoms with Gasteiger partial charge in [-0.25, -0.2) is 9.97 Å². The number of hydrogen-bond donors (Lipinski definition) is 2. The molecule has 0 atom stereocenters. The number of aryl methyl sites for hydroxylation is 2. The number of benzene rings is 1. The van der Waals surface area contributed by atoms with Gasteiger partial charge in [0, 0.05) is 12.2 Å². The van der Waals surface area contributed by atoms with Crippen molar-refractivity contribution in [1.29, 1.82) is 0 Å². The van der Waals surface area contributed by atoms with E-state index in [1.165, 1.54) is 23.7 Å². The molecular formula is C17H19N5O2S. The summed E-state index contributed by atoms with van der Waals surface area (Å²) in [5.74, 6) is 0.0855. The summed E-state index contributed by atoms with van der Waals surface area (Å²) in [7, 11) is 0. The number of nitrogens with zero attached hydrogens (tertiary/aromatic N) is 3. The van der Waals surface area contributed by atoms with Gasteiger partial charge < -0.3 is 14.9 Å². The van der Waals surface area contributed by atoms with Crippen LogP contribution in [0.25, 0.3) is 11.2 Å². The molecule has 130 valence electrons. The zero-order valence-corrected chi connectivity index (χ0v) is 14.9. The third kappa shape index (κ3) is 3.74. The number of carbonyl (C=O) groups is 1. The highest BCUT2D eigenvalue weighted by Gasteiger charge is 2.15. The Labute approximate surface area is 148 Å². The van der Waals surface area contributed by atoms with Crippen LogP contribution in [0.1, 0.15) is 19.4 Å². The predicted octanol–water partition coefficient (Wildman–Crippen LogP) is 2.43. The molecule has 0 unspecified atom stereocenters. The summed E-state index contributed by atoms with van der Waals surface area (Å²) in [6.45, 7) is 4.66. The van der Waals surface area contributed by atoms with Gasteiger partial charge in [0.2, 0.25) is 5.91 Å². The maximum Gasteiger partial charge on any atom is 0.278 e. The topological polar surface area (TPSA) is 92.7 Å². The van der Waals surface area contributed by atoms with Gasteiger partial charge in [-0.05, 0) is 31.0 Å². The second kappa shape index (κ2) is 7.52. The number of nitrogens with one attached hydrogen (secondary N) is 2. The maximum atomic E-state index is 12.2. The van der Waals surface area contributed by atoms with Crippen LogP contribution in [0.5, 0.6) is 0 Å². The van der Waals surface area contributed by atoms with Crippen molar-refractivity contribution in [1.82, 2.24) is 19.5 Å². The van der Waals surface area contributed by atoms with E-state index in [9.17, 15) is 9.59 Å². The average Bonchev–Trinajstić information content (AvgIpc) is 2.99. The van der Waals surface area contributed by atoms with E-state index in [1.807, 2.05) is 35.8 Å². The normalized spacial score (nSPS) is 11.0. The number of carbonyl (C=O) groups excluding carboxylic acids is 1. The van der Waals surface area contributed by atoms with Gasteiger partial charge in [0.15, 0.2) is 16.3 Å². The molecular weight excluding hydrogens is 338 g/mol. The van der Waals surface area contributed by atoms with Crippen LogP contribution in [0.2, 0.25) is 0 Å². The van der Waals surface area contributed by atoms with Gasteiger partial charge in [-0.2, -0.15) is 0 Å². The Morgan fingerprint density at radius 2 is 2.04 bits per heavy atom. The quantitative estimate of drug-likeness (QED) is 0.661. The van der Waals surface area contributed by atoms with E-state index < -0.39 is 0 Å². The highest BCUT2D eigenvalue weighted by molar-refractivity contribution is 7.99. The molecule has 0 aliphatic rings. The van der Waals surface area contributed by atoms with E-state index in [1.54, 1.807) is 0 Å². The van der Waals surface area contributed by atoms with Crippen molar-refractivity contribution in [3.8, 4) is 0 Å². The minimum absolute atomic E-state index is 0.120. The lowest BCUT2D eigenvalue weighted by Crippen LogP contribution is -2.14. The lowest BCUT2D eigenvalue weighted by Gasteiger charge is -2.07. The predicted molar refractivity (Wildman–Crippen MR) is 99.0 cm³/mol. The first-order valence-corrected chi connectivity index (χ1v) is 9.06. The highest BCUT2D eigenvalue weighted by Crippen LogP contribution is 2.21. The number of fused-ring (bicyclic) bond motifs is 1. The maximum absolute atomic E-state index is 12.2. The van der Waals surface area contributed by atoms with Crippen molar-refractivity contribution >= 4 is 34.5 Å². The summed E-state index contributed by atoms with van der Waals surface area (Å²) < 4.78 is 1.83. The molecule has 25 heavy (non-hydrogen) atoms. The second-order valence-electron chi connectivity index (χ2n) is 5.43. The van der Waals surface area contributed by atoms with Gasteiger partial charge >= 0.3 is 0 Å². The van der Waals surface area contributed by atoms with Crippen molar-refractivity contribution in [2.24, 2.45) is 0 Å². The van der Waals surface area contributed by atoms with E-state index in [0.29, 0.717) is 22.9 Å². The first kappa shape index (κ1) is 17.2. The molecule has 0 radical (unpaired) electrons. The summed E-state index contributed by atoms with van der Waals surface area (Å²) in [4.78, 5) is 35.0. The molecule has 2 aromatic heterocycles. The lowest BCUT2D eigenvalue weighted by atomic mass is 10.1. The molecule has 2 N–H and O–H groups in total. The van der Waals surface area contributed by atoms with Crippen LogP contribution in [0.3, 0.4) is 0 Å². The summed E-state index contributed by atoms with van der Waals surface area (Å²) in [6.07, 6.45) is 2.32. The van der Waals surface area contributed by atoms with E-state index in [-0.39, 0.29) is 17.2 Å². The van der Waals surface area contributed by atoms with Crippen LogP contribution in [0.4, 0.5) is 5.69 Å². The third-order valence-corrected chi connectivity index (χ3v) is 4.77. The number of hydrogen-bond acceptors (Lipinski definition) is 5. The lowest BCUT2D eigenvalue weighted by molar-refractivity contribution is -0.113. The second-order valence-corrected chi connectivity index (χ2v) is 6.37. The van der Waals surface area contributed by atoms with Crippen LogP contribution in [-0.2, 0) is 17.8 Å². The van der Waals surface area contributed by atoms with Crippen molar-refractivity contribution in [2.75, 3.05) is 11.1 Å². The highest BCUT2D eigenvalue weighted by atomic mass is 32.2. The molecule has 2 heterocycles. The Bertz CT molecular complexity index is 946. The number of imidazole rings is 1. The third-order valence-electron chi connectivity index (χ3n) is 3.80. The minimum atomic E-state index is -0.278. The van der Waals surface area contributed by atoms with E-state index in [2.05, 4.69) is 27.2 Å². The molecule has 3 aromatic rings. The van der Waals surface area contributed by atoms with Crippen molar-refractivity contribution in [3.63, 3.8) is 0 Å². The number of aromatic nitrogens is 4. The molecule has 0 saturated heterocycles. The van der Waals surface area contributed by atoms with Crippen LogP contribution < -0.4 is 10.9 Å². The largest absolute Gasteiger partial charge is 0.325 e. The minimum Gasteiger partial charge on any atom is -0.325 e. The fourth-order valence-corrected chi connectivity index (χ4v) is 3.33. The molecule has 8 heteroatoms. The van der Waals surface area contributed by atoms with Crippen LogP contribution in [0, 0.1) is 0 Å². The smallest absolute Gasteiger partial charge is 0.278 e. The Balaban J connectivity index is 1.70. The molecule has 1 amide bonds. The van der Waals surface area contributed by atoms with Gasteiger partial charge in [0.25, 0.3) is 5.56 Å².